The van der Waals surface area contributed by atoms with E-state index >= 15 is 0 Å². The Morgan fingerprint density at radius 2 is 2.06 bits per heavy atom. The van der Waals surface area contributed by atoms with Gasteiger partial charge < -0.3 is 10.1 Å². The second kappa shape index (κ2) is 5.19. The standard InChI is InChI=1S/C14H11FN2O/c1-18-14-6-5-11(15)8-13(14)17-12-4-2-3-10(7-12)9-16/h2-8,17H,1H3. The topological polar surface area (TPSA) is 45.0 Å². The van der Waals surface area contributed by atoms with E-state index in [9.17, 15) is 4.39 Å². The van der Waals surface area contributed by atoms with Crippen LogP contribution in [0.25, 0.3) is 0 Å². The summed E-state index contributed by atoms with van der Waals surface area (Å²) in [6, 6.07) is 13.2. The van der Waals surface area contributed by atoms with Gasteiger partial charge in [0.2, 0.25) is 0 Å². The number of anilines is 2. The number of rotatable bonds is 3. The zero-order chi connectivity index (χ0) is 13.0. The van der Waals surface area contributed by atoms with Gasteiger partial charge in [-0.05, 0) is 30.3 Å². The number of benzene rings is 2. The fourth-order valence-electron chi connectivity index (χ4n) is 1.60. The van der Waals surface area contributed by atoms with Crippen LogP contribution in [0.4, 0.5) is 15.8 Å². The Balaban J connectivity index is 2.33. The fraction of sp³-hybridized carbons (Fsp3) is 0.0714. The van der Waals surface area contributed by atoms with Crippen molar-refractivity contribution in [2.24, 2.45) is 0 Å². The molecular formula is C14H11FN2O. The van der Waals surface area contributed by atoms with Gasteiger partial charge in [0.05, 0.1) is 24.4 Å². The van der Waals surface area contributed by atoms with Crippen LogP contribution in [0.3, 0.4) is 0 Å². The van der Waals surface area contributed by atoms with Gasteiger partial charge in [0, 0.05) is 11.8 Å². The first-order chi connectivity index (χ1) is 8.72. The lowest BCUT2D eigenvalue weighted by Gasteiger charge is -2.11. The van der Waals surface area contributed by atoms with Crippen LogP contribution in [0.1, 0.15) is 5.56 Å². The zero-order valence-corrected chi connectivity index (χ0v) is 9.77. The normalized spacial score (nSPS) is 9.61. The molecule has 0 aliphatic carbocycles. The highest BCUT2D eigenvalue weighted by Crippen LogP contribution is 2.28. The fourth-order valence-corrected chi connectivity index (χ4v) is 1.60. The average Bonchev–Trinajstić information content (AvgIpc) is 2.39. The lowest BCUT2D eigenvalue weighted by Crippen LogP contribution is -1.95. The summed E-state index contributed by atoms with van der Waals surface area (Å²) in [6.45, 7) is 0. The number of nitriles is 1. The summed E-state index contributed by atoms with van der Waals surface area (Å²) in [5.41, 5.74) is 1.76. The molecule has 3 nitrogen and oxygen atoms in total. The first-order valence-electron chi connectivity index (χ1n) is 5.33. The number of ether oxygens (including phenoxy) is 1. The molecule has 0 unspecified atom stereocenters. The summed E-state index contributed by atoms with van der Waals surface area (Å²) in [7, 11) is 1.52. The van der Waals surface area contributed by atoms with Gasteiger partial charge in [-0.1, -0.05) is 6.07 Å². The summed E-state index contributed by atoms with van der Waals surface area (Å²) in [5, 5.41) is 11.8. The quantitative estimate of drug-likeness (QED) is 0.896. The van der Waals surface area contributed by atoms with E-state index < -0.39 is 0 Å². The lowest BCUT2D eigenvalue weighted by molar-refractivity contribution is 0.416. The van der Waals surface area contributed by atoms with E-state index in [1.54, 1.807) is 30.3 Å². The van der Waals surface area contributed by atoms with Crippen LogP contribution in [-0.4, -0.2) is 7.11 Å². The average molecular weight is 242 g/mol. The van der Waals surface area contributed by atoms with E-state index in [0.29, 0.717) is 22.7 Å². The van der Waals surface area contributed by atoms with Crippen molar-refractivity contribution in [2.45, 2.75) is 0 Å². The number of nitrogens with one attached hydrogen (secondary N) is 1. The second-order valence-corrected chi connectivity index (χ2v) is 3.66. The van der Waals surface area contributed by atoms with Crippen LogP contribution in [0.15, 0.2) is 42.5 Å². The van der Waals surface area contributed by atoms with Crippen LogP contribution in [0.5, 0.6) is 5.75 Å². The lowest BCUT2D eigenvalue weighted by atomic mass is 10.2. The van der Waals surface area contributed by atoms with Crippen LogP contribution < -0.4 is 10.1 Å². The molecule has 0 aliphatic rings. The van der Waals surface area contributed by atoms with Crippen LogP contribution in [0, 0.1) is 17.1 Å². The molecule has 0 bridgehead atoms. The maximum Gasteiger partial charge on any atom is 0.142 e. The highest BCUT2D eigenvalue weighted by molar-refractivity contribution is 5.67. The summed E-state index contributed by atoms with van der Waals surface area (Å²) in [4.78, 5) is 0. The Morgan fingerprint density at radius 3 is 2.78 bits per heavy atom. The van der Waals surface area contributed by atoms with Crippen molar-refractivity contribution < 1.29 is 9.13 Å². The van der Waals surface area contributed by atoms with Crippen molar-refractivity contribution in [1.82, 2.24) is 0 Å². The summed E-state index contributed by atoms with van der Waals surface area (Å²) < 4.78 is 18.3. The Bertz CT molecular complexity index is 605. The third-order valence-corrected chi connectivity index (χ3v) is 2.43. The van der Waals surface area contributed by atoms with Crippen LogP contribution in [0.2, 0.25) is 0 Å². The number of hydrogen-bond donors (Lipinski definition) is 1. The molecule has 0 amide bonds. The smallest absolute Gasteiger partial charge is 0.142 e. The maximum atomic E-state index is 13.2. The molecular weight excluding hydrogens is 231 g/mol. The van der Waals surface area contributed by atoms with Crippen molar-refractivity contribution in [3.8, 4) is 11.8 Å². The zero-order valence-electron chi connectivity index (χ0n) is 9.77. The molecule has 0 aliphatic heterocycles. The molecule has 0 saturated carbocycles. The number of methoxy groups -OCH3 is 1. The Kier molecular flexibility index (Phi) is 3.44. The second-order valence-electron chi connectivity index (χ2n) is 3.66. The highest BCUT2D eigenvalue weighted by Gasteiger charge is 2.05. The first-order valence-corrected chi connectivity index (χ1v) is 5.33. The predicted octanol–water partition coefficient (Wildman–Crippen LogP) is 3.45. The number of hydrogen-bond acceptors (Lipinski definition) is 3. The van der Waals surface area contributed by atoms with Gasteiger partial charge in [-0.25, -0.2) is 4.39 Å². The van der Waals surface area contributed by atoms with Crippen molar-refractivity contribution >= 4 is 11.4 Å². The Hall–Kier alpha value is -2.54. The van der Waals surface area contributed by atoms with Crippen molar-refractivity contribution in [2.75, 3.05) is 12.4 Å². The van der Waals surface area contributed by atoms with E-state index in [-0.39, 0.29) is 5.82 Å². The van der Waals surface area contributed by atoms with Gasteiger partial charge in [-0.3, -0.25) is 0 Å². The van der Waals surface area contributed by atoms with E-state index in [1.165, 1.54) is 19.2 Å². The van der Waals surface area contributed by atoms with E-state index in [4.69, 9.17) is 10.00 Å². The van der Waals surface area contributed by atoms with Gasteiger partial charge in [-0.2, -0.15) is 5.26 Å². The minimum atomic E-state index is -0.352. The molecule has 18 heavy (non-hydrogen) atoms. The SMILES string of the molecule is COc1ccc(F)cc1Nc1cccc(C#N)c1. The maximum absolute atomic E-state index is 13.2. The minimum absolute atomic E-state index is 0.352. The van der Waals surface area contributed by atoms with Gasteiger partial charge in [0.25, 0.3) is 0 Å². The molecule has 2 rings (SSSR count). The Labute approximate surface area is 104 Å². The number of nitrogens with zero attached hydrogens (tertiary/aromatic N) is 1. The molecule has 0 radical (unpaired) electrons. The summed E-state index contributed by atoms with van der Waals surface area (Å²) in [5.74, 6) is 0.188. The van der Waals surface area contributed by atoms with Gasteiger partial charge >= 0.3 is 0 Å². The van der Waals surface area contributed by atoms with Crippen molar-refractivity contribution in [3.63, 3.8) is 0 Å². The van der Waals surface area contributed by atoms with Gasteiger partial charge in [-0.15, -0.1) is 0 Å². The van der Waals surface area contributed by atoms with Crippen LogP contribution in [-0.2, 0) is 0 Å². The van der Waals surface area contributed by atoms with Gasteiger partial charge in [0.15, 0.2) is 0 Å². The monoisotopic (exact) mass is 242 g/mol. The molecule has 0 fully saturated rings. The molecule has 0 spiro atoms. The summed E-state index contributed by atoms with van der Waals surface area (Å²) >= 11 is 0. The van der Waals surface area contributed by atoms with E-state index in [1.807, 2.05) is 6.07 Å². The highest BCUT2D eigenvalue weighted by atomic mass is 19.1. The van der Waals surface area contributed by atoms with Crippen molar-refractivity contribution in [3.05, 3.63) is 53.8 Å². The third kappa shape index (κ3) is 2.58. The van der Waals surface area contributed by atoms with E-state index in [0.717, 1.165) is 0 Å². The van der Waals surface area contributed by atoms with E-state index in [2.05, 4.69) is 5.32 Å². The summed E-state index contributed by atoms with van der Waals surface area (Å²) in [6.07, 6.45) is 0. The molecule has 2 aromatic rings. The molecule has 0 atom stereocenters. The molecule has 0 heterocycles. The third-order valence-electron chi connectivity index (χ3n) is 2.43. The molecule has 2 aromatic carbocycles. The Morgan fingerprint density at radius 1 is 1.22 bits per heavy atom. The molecule has 0 aromatic heterocycles. The molecule has 90 valence electrons. The predicted molar refractivity (Wildman–Crippen MR) is 67.4 cm³/mol. The largest absolute Gasteiger partial charge is 0.495 e. The first kappa shape index (κ1) is 11.9. The van der Waals surface area contributed by atoms with Crippen molar-refractivity contribution in [1.29, 1.82) is 5.26 Å². The number of halogens is 1. The van der Waals surface area contributed by atoms with Crippen LogP contribution >= 0.6 is 0 Å². The molecule has 0 saturated heterocycles. The van der Waals surface area contributed by atoms with Gasteiger partial charge in [0.1, 0.15) is 11.6 Å². The molecule has 4 heteroatoms. The minimum Gasteiger partial charge on any atom is -0.495 e. The molecule has 1 N–H and O–H groups in total.